The van der Waals surface area contributed by atoms with Gasteiger partial charge in [0.15, 0.2) is 5.82 Å². The van der Waals surface area contributed by atoms with Gasteiger partial charge in [-0.2, -0.15) is 0 Å². The lowest BCUT2D eigenvalue weighted by Gasteiger charge is -2.19. The van der Waals surface area contributed by atoms with Gasteiger partial charge >= 0.3 is 0 Å². The lowest BCUT2D eigenvalue weighted by molar-refractivity contribution is 0.0748. The van der Waals surface area contributed by atoms with Crippen LogP contribution in [0, 0.1) is 0 Å². The van der Waals surface area contributed by atoms with Crippen LogP contribution >= 0.6 is 0 Å². The van der Waals surface area contributed by atoms with Crippen LogP contribution in [0.15, 0.2) is 72.5 Å². The molecule has 6 nitrogen and oxygen atoms in total. The zero-order chi connectivity index (χ0) is 25.3. The van der Waals surface area contributed by atoms with Gasteiger partial charge in [-0.1, -0.05) is 49.1 Å². The van der Waals surface area contributed by atoms with Crippen LogP contribution in [0.5, 0.6) is 0 Å². The molecule has 6 heteroatoms. The molecule has 1 aromatic carbocycles. The molecule has 0 atom stereocenters. The number of benzene rings is 1. The average Bonchev–Trinajstić information content (AvgIpc) is 2.76. The van der Waals surface area contributed by atoms with Gasteiger partial charge in [-0.15, -0.1) is 0 Å². The number of aliphatic hydroxyl groups is 1. The molecular weight excluding hydrogens is 422 g/mol. The molecule has 0 radical (unpaired) electrons. The highest BCUT2D eigenvalue weighted by Gasteiger charge is 2.15. The van der Waals surface area contributed by atoms with Crippen molar-refractivity contribution < 1.29 is 5.11 Å². The summed E-state index contributed by atoms with van der Waals surface area (Å²) in [6.45, 7) is 14.0. The summed E-state index contributed by atoms with van der Waals surface area (Å²) in [5.74, 6) is 1.28. The van der Waals surface area contributed by atoms with Gasteiger partial charge in [0.1, 0.15) is 5.82 Å². The molecule has 0 aliphatic heterocycles. The van der Waals surface area contributed by atoms with Gasteiger partial charge in [-0.25, -0.2) is 9.97 Å². The fourth-order valence-corrected chi connectivity index (χ4v) is 3.30. The summed E-state index contributed by atoms with van der Waals surface area (Å²) in [6.07, 6.45) is 9.97. The Morgan fingerprint density at radius 1 is 1.26 bits per heavy atom. The fourth-order valence-electron chi connectivity index (χ4n) is 3.30. The van der Waals surface area contributed by atoms with E-state index in [9.17, 15) is 5.11 Å². The van der Waals surface area contributed by atoms with Gasteiger partial charge in [0.25, 0.3) is 0 Å². The van der Waals surface area contributed by atoms with Crippen molar-refractivity contribution in [2.24, 2.45) is 4.99 Å². The highest BCUT2D eigenvalue weighted by molar-refractivity contribution is 6.12. The topological polar surface area (TPSA) is 73.6 Å². The maximum atomic E-state index is 10.1. The van der Waals surface area contributed by atoms with Crippen LogP contribution in [0.2, 0.25) is 0 Å². The number of nitrogens with zero attached hydrogens (tertiary/aromatic N) is 4. The first-order chi connectivity index (χ1) is 16.0. The average molecular weight is 460 g/mol. The second-order valence-corrected chi connectivity index (χ2v) is 9.11. The van der Waals surface area contributed by atoms with E-state index in [1.54, 1.807) is 27.1 Å². The van der Waals surface area contributed by atoms with E-state index in [1.165, 1.54) is 0 Å². The van der Waals surface area contributed by atoms with Crippen LogP contribution in [0.25, 0.3) is 22.5 Å². The van der Waals surface area contributed by atoms with Crippen molar-refractivity contribution in [3.8, 4) is 11.4 Å². The third-order valence-electron chi connectivity index (χ3n) is 4.87. The molecule has 0 spiro atoms. The molecule has 34 heavy (non-hydrogen) atoms. The maximum absolute atomic E-state index is 10.1. The summed E-state index contributed by atoms with van der Waals surface area (Å²) in [7, 11) is 5.69. The predicted molar refractivity (Wildman–Crippen MR) is 146 cm³/mol. The van der Waals surface area contributed by atoms with Crippen LogP contribution < -0.4 is 5.32 Å². The monoisotopic (exact) mass is 459 g/mol. The SMILES string of the molecule is C=C/C(=C\N(C)C)c1cccc(-c2ncc(/C(C=NC)=C/C(=C)C)c(NCCC(C)(C)O)n2)c1. The lowest BCUT2D eigenvalue weighted by atomic mass is 10.0. The van der Waals surface area contributed by atoms with E-state index in [0.717, 1.165) is 33.4 Å². The number of aromatic nitrogens is 2. The van der Waals surface area contributed by atoms with Crippen molar-refractivity contribution in [2.45, 2.75) is 32.8 Å². The van der Waals surface area contributed by atoms with E-state index < -0.39 is 5.60 Å². The Balaban J connectivity index is 2.57. The largest absolute Gasteiger partial charge is 0.390 e. The first kappa shape index (κ1) is 26.7. The fraction of sp³-hybridized carbons (Fsp3) is 0.321. The Morgan fingerprint density at radius 3 is 2.59 bits per heavy atom. The minimum Gasteiger partial charge on any atom is -0.390 e. The van der Waals surface area contributed by atoms with E-state index in [1.807, 2.05) is 68.7 Å². The first-order valence-corrected chi connectivity index (χ1v) is 11.3. The minimum atomic E-state index is -0.779. The van der Waals surface area contributed by atoms with Crippen LogP contribution in [-0.2, 0) is 0 Å². The molecule has 1 aromatic heterocycles. The smallest absolute Gasteiger partial charge is 0.161 e. The van der Waals surface area contributed by atoms with Gasteiger partial charge in [0.2, 0.25) is 0 Å². The standard InChI is InChI=1S/C28H37N5O/c1-9-21(19-33(7)8)22-11-10-12-23(16-22)26-31-18-25(24(17-29-6)15-20(2)3)27(32-26)30-14-13-28(4,5)34/h9-12,15-19,34H,1-2,13-14H2,3-8H3,(H,30,31,32)/b21-19+,24-15+,29-17?. The molecule has 0 saturated carbocycles. The molecule has 180 valence electrons. The van der Waals surface area contributed by atoms with Gasteiger partial charge in [-0.3, -0.25) is 4.99 Å². The molecule has 0 aliphatic rings. The molecule has 2 N–H and O–H groups in total. The summed E-state index contributed by atoms with van der Waals surface area (Å²) in [5.41, 5.74) is 4.75. The first-order valence-electron chi connectivity index (χ1n) is 11.3. The Kier molecular flexibility index (Phi) is 9.51. The Bertz CT molecular complexity index is 1100. The van der Waals surface area contributed by atoms with Crippen molar-refractivity contribution in [3.63, 3.8) is 0 Å². The van der Waals surface area contributed by atoms with Crippen molar-refractivity contribution in [3.05, 3.63) is 78.7 Å². The molecule has 0 bridgehead atoms. The van der Waals surface area contributed by atoms with Crippen molar-refractivity contribution in [1.29, 1.82) is 0 Å². The van der Waals surface area contributed by atoms with Crippen molar-refractivity contribution >= 4 is 23.2 Å². The molecule has 0 saturated heterocycles. The van der Waals surface area contributed by atoms with E-state index in [2.05, 4.69) is 34.5 Å². The molecular formula is C28H37N5O. The van der Waals surface area contributed by atoms with Crippen molar-refractivity contribution in [1.82, 2.24) is 14.9 Å². The van der Waals surface area contributed by atoms with Crippen molar-refractivity contribution in [2.75, 3.05) is 33.0 Å². The number of nitrogens with one attached hydrogen (secondary N) is 1. The van der Waals surface area contributed by atoms with Gasteiger partial charge in [0.05, 0.1) is 5.60 Å². The molecule has 0 unspecified atom stereocenters. The van der Waals surface area contributed by atoms with Crippen LogP contribution in [-0.4, -0.2) is 59.5 Å². The Morgan fingerprint density at radius 2 is 2.00 bits per heavy atom. The van der Waals surface area contributed by atoms with E-state index in [4.69, 9.17) is 4.98 Å². The quantitative estimate of drug-likeness (QED) is 0.345. The second kappa shape index (κ2) is 12.1. The van der Waals surface area contributed by atoms with Crippen LogP contribution in [0.4, 0.5) is 5.82 Å². The van der Waals surface area contributed by atoms with E-state index >= 15 is 0 Å². The zero-order valence-electron chi connectivity index (χ0n) is 21.3. The molecule has 0 amide bonds. The van der Waals surface area contributed by atoms with Crippen LogP contribution in [0.3, 0.4) is 0 Å². The molecule has 1 heterocycles. The summed E-state index contributed by atoms with van der Waals surface area (Å²) in [4.78, 5) is 15.7. The minimum absolute atomic E-state index is 0.558. The van der Waals surface area contributed by atoms with Crippen LogP contribution in [0.1, 0.15) is 38.3 Å². The number of hydrogen-bond donors (Lipinski definition) is 2. The second-order valence-electron chi connectivity index (χ2n) is 9.11. The molecule has 0 aliphatic carbocycles. The number of anilines is 1. The van der Waals surface area contributed by atoms with Gasteiger partial charge in [0, 0.05) is 63.0 Å². The Hall–Kier alpha value is -3.51. The highest BCUT2D eigenvalue weighted by Crippen LogP contribution is 2.27. The number of allylic oxidation sites excluding steroid dienone is 5. The predicted octanol–water partition coefficient (Wildman–Crippen LogP) is 5.47. The normalized spacial score (nSPS) is 12.7. The summed E-state index contributed by atoms with van der Waals surface area (Å²) in [6, 6.07) is 8.09. The summed E-state index contributed by atoms with van der Waals surface area (Å²) in [5, 5.41) is 13.5. The van der Waals surface area contributed by atoms with Gasteiger partial charge < -0.3 is 15.3 Å². The lowest BCUT2D eigenvalue weighted by Crippen LogP contribution is -2.23. The summed E-state index contributed by atoms with van der Waals surface area (Å²) >= 11 is 0. The summed E-state index contributed by atoms with van der Waals surface area (Å²) < 4.78 is 0. The third-order valence-corrected chi connectivity index (χ3v) is 4.87. The highest BCUT2D eigenvalue weighted by atomic mass is 16.3. The number of rotatable bonds is 11. The molecule has 2 rings (SSSR count). The Labute approximate surface area is 204 Å². The zero-order valence-corrected chi connectivity index (χ0v) is 21.3. The third kappa shape index (κ3) is 8.12. The number of aliphatic imine (C=N–C) groups is 1. The van der Waals surface area contributed by atoms with E-state index in [0.29, 0.717) is 24.6 Å². The maximum Gasteiger partial charge on any atom is 0.161 e. The van der Waals surface area contributed by atoms with Gasteiger partial charge in [-0.05, 0) is 44.4 Å². The molecule has 2 aromatic rings. The molecule has 0 fully saturated rings. The number of hydrogen-bond acceptors (Lipinski definition) is 6. The van der Waals surface area contributed by atoms with E-state index in [-0.39, 0.29) is 0 Å².